The Balaban J connectivity index is 2.05. The van der Waals surface area contributed by atoms with Gasteiger partial charge in [0.15, 0.2) is 0 Å². The first-order chi connectivity index (χ1) is 9.08. The minimum absolute atomic E-state index is 0.155. The van der Waals surface area contributed by atoms with Gasteiger partial charge in [-0.3, -0.25) is 4.79 Å². The van der Waals surface area contributed by atoms with Gasteiger partial charge in [-0.15, -0.1) is 0 Å². The maximum atomic E-state index is 12.1. The molecule has 0 aliphatic heterocycles. The Kier molecular flexibility index (Phi) is 5.25. The van der Waals surface area contributed by atoms with Crippen molar-refractivity contribution in [1.82, 2.24) is 5.32 Å². The van der Waals surface area contributed by atoms with E-state index >= 15 is 0 Å². The number of halogens is 2. The smallest absolute Gasteiger partial charge is 0.251 e. The second-order valence-electron chi connectivity index (χ2n) is 4.91. The van der Waals surface area contributed by atoms with E-state index in [-0.39, 0.29) is 11.9 Å². The van der Waals surface area contributed by atoms with Crippen LogP contribution in [0.1, 0.15) is 42.5 Å². The second kappa shape index (κ2) is 6.73. The molecule has 19 heavy (non-hydrogen) atoms. The highest BCUT2D eigenvalue weighted by molar-refractivity contribution is 9.10. The molecule has 0 saturated heterocycles. The lowest BCUT2D eigenvalue weighted by molar-refractivity contribution is 0.0819. The Bertz CT molecular complexity index is 467. The molecule has 0 aromatic heterocycles. The van der Waals surface area contributed by atoms with E-state index in [1.54, 1.807) is 18.2 Å². The topological polar surface area (TPSA) is 49.3 Å². The van der Waals surface area contributed by atoms with Crippen molar-refractivity contribution in [2.24, 2.45) is 0 Å². The number of hydrogen-bond donors (Lipinski definition) is 2. The van der Waals surface area contributed by atoms with Crippen LogP contribution in [0.15, 0.2) is 22.7 Å². The lowest BCUT2D eigenvalue weighted by Gasteiger charge is -2.21. The summed E-state index contributed by atoms with van der Waals surface area (Å²) in [5.74, 6) is -0.180. The molecule has 1 saturated carbocycles. The van der Waals surface area contributed by atoms with Crippen molar-refractivity contribution in [2.75, 3.05) is 0 Å². The predicted molar refractivity (Wildman–Crippen MR) is 79.5 cm³/mol. The average molecular weight is 347 g/mol. The Morgan fingerprint density at radius 2 is 2.05 bits per heavy atom. The third kappa shape index (κ3) is 3.94. The van der Waals surface area contributed by atoms with Gasteiger partial charge in [-0.2, -0.15) is 0 Å². The molecule has 1 fully saturated rings. The van der Waals surface area contributed by atoms with Crippen LogP contribution >= 0.6 is 27.5 Å². The highest BCUT2D eigenvalue weighted by Crippen LogP contribution is 2.24. The molecule has 2 unspecified atom stereocenters. The van der Waals surface area contributed by atoms with Crippen molar-refractivity contribution in [3.8, 4) is 0 Å². The van der Waals surface area contributed by atoms with E-state index in [0.29, 0.717) is 10.6 Å². The van der Waals surface area contributed by atoms with Crippen LogP contribution < -0.4 is 5.32 Å². The number of aliphatic hydroxyl groups is 1. The molecule has 1 amide bonds. The monoisotopic (exact) mass is 345 g/mol. The van der Waals surface area contributed by atoms with Crippen LogP contribution in [0.5, 0.6) is 0 Å². The Labute approximate surface area is 126 Å². The molecule has 104 valence electrons. The number of aliphatic hydroxyl groups excluding tert-OH is 1. The fourth-order valence-electron chi connectivity index (χ4n) is 2.35. The molecule has 3 nitrogen and oxygen atoms in total. The molecular weight excluding hydrogens is 330 g/mol. The summed E-state index contributed by atoms with van der Waals surface area (Å²) < 4.78 is 0.764. The molecule has 0 radical (unpaired) electrons. The van der Waals surface area contributed by atoms with Gasteiger partial charge in [-0.1, -0.05) is 30.9 Å². The first kappa shape index (κ1) is 14.8. The highest BCUT2D eigenvalue weighted by atomic mass is 79.9. The van der Waals surface area contributed by atoms with Gasteiger partial charge in [0, 0.05) is 10.0 Å². The third-order valence-corrected chi connectivity index (χ3v) is 4.71. The minimum Gasteiger partial charge on any atom is -0.391 e. The first-order valence-corrected chi connectivity index (χ1v) is 7.69. The molecule has 2 rings (SSSR count). The van der Waals surface area contributed by atoms with E-state index in [9.17, 15) is 9.90 Å². The molecule has 1 aliphatic carbocycles. The summed E-state index contributed by atoms with van der Waals surface area (Å²) in [6.45, 7) is 0. The van der Waals surface area contributed by atoms with Crippen molar-refractivity contribution in [3.05, 3.63) is 33.3 Å². The van der Waals surface area contributed by atoms with Crippen molar-refractivity contribution in [1.29, 1.82) is 0 Å². The number of rotatable bonds is 2. The normalized spacial score (nSPS) is 23.7. The van der Waals surface area contributed by atoms with Gasteiger partial charge in [-0.25, -0.2) is 0 Å². The quantitative estimate of drug-likeness (QED) is 0.805. The molecule has 2 N–H and O–H groups in total. The summed E-state index contributed by atoms with van der Waals surface area (Å²) in [6.07, 6.45) is 4.33. The molecule has 0 heterocycles. The van der Waals surface area contributed by atoms with Crippen LogP contribution in [0.4, 0.5) is 0 Å². The van der Waals surface area contributed by atoms with Crippen LogP contribution in [0, 0.1) is 0 Å². The van der Waals surface area contributed by atoms with Gasteiger partial charge in [0.2, 0.25) is 0 Å². The molecule has 2 atom stereocenters. The molecule has 1 aliphatic rings. The lowest BCUT2D eigenvalue weighted by atomic mass is 10.1. The van der Waals surface area contributed by atoms with Crippen LogP contribution in [-0.4, -0.2) is 23.2 Å². The minimum atomic E-state index is -0.447. The van der Waals surface area contributed by atoms with E-state index in [1.807, 2.05) is 0 Å². The van der Waals surface area contributed by atoms with Crippen molar-refractivity contribution >= 4 is 33.4 Å². The zero-order chi connectivity index (χ0) is 13.8. The van der Waals surface area contributed by atoms with E-state index in [0.717, 1.165) is 36.6 Å². The summed E-state index contributed by atoms with van der Waals surface area (Å²) in [5.41, 5.74) is 0.518. The summed E-state index contributed by atoms with van der Waals surface area (Å²) in [4.78, 5) is 12.1. The van der Waals surface area contributed by atoms with E-state index in [4.69, 9.17) is 11.6 Å². The van der Waals surface area contributed by atoms with Gasteiger partial charge >= 0.3 is 0 Å². The second-order valence-corrected chi connectivity index (χ2v) is 6.18. The Hall–Kier alpha value is -0.580. The van der Waals surface area contributed by atoms with Crippen LogP contribution in [0.25, 0.3) is 0 Å². The van der Waals surface area contributed by atoms with Crippen molar-refractivity contribution in [3.63, 3.8) is 0 Å². The van der Waals surface area contributed by atoms with E-state index < -0.39 is 6.10 Å². The largest absolute Gasteiger partial charge is 0.391 e. The average Bonchev–Trinajstić information content (AvgIpc) is 2.58. The van der Waals surface area contributed by atoms with Gasteiger partial charge < -0.3 is 10.4 Å². The molecule has 1 aromatic rings. The zero-order valence-electron chi connectivity index (χ0n) is 10.5. The first-order valence-electron chi connectivity index (χ1n) is 6.52. The lowest BCUT2D eigenvalue weighted by Crippen LogP contribution is -2.42. The Morgan fingerprint density at radius 3 is 2.79 bits per heavy atom. The highest BCUT2D eigenvalue weighted by Gasteiger charge is 2.23. The number of hydrogen-bond acceptors (Lipinski definition) is 2. The van der Waals surface area contributed by atoms with Crippen LogP contribution in [0.2, 0.25) is 5.02 Å². The van der Waals surface area contributed by atoms with Crippen molar-refractivity contribution < 1.29 is 9.90 Å². The fourth-order valence-corrected chi connectivity index (χ4v) is 2.77. The third-order valence-electron chi connectivity index (χ3n) is 3.48. The number of carbonyl (C=O) groups is 1. The van der Waals surface area contributed by atoms with E-state index in [2.05, 4.69) is 21.2 Å². The molecular formula is C14H17BrClNO2. The van der Waals surface area contributed by atoms with Crippen molar-refractivity contribution in [2.45, 2.75) is 44.2 Å². The van der Waals surface area contributed by atoms with Crippen LogP contribution in [0.3, 0.4) is 0 Å². The zero-order valence-corrected chi connectivity index (χ0v) is 12.9. The summed E-state index contributed by atoms with van der Waals surface area (Å²) in [6, 6.07) is 4.94. The maximum absolute atomic E-state index is 12.1. The summed E-state index contributed by atoms with van der Waals surface area (Å²) in [5, 5.41) is 13.4. The standard InChI is InChI=1S/C14H17BrClNO2/c15-10-7-6-9(8-11(10)16)14(19)17-12-4-2-1-3-5-13(12)18/h6-8,12-13,18H,1-5H2,(H,17,19). The molecule has 0 bridgehead atoms. The fraction of sp³-hybridized carbons (Fsp3) is 0.500. The number of benzene rings is 1. The van der Waals surface area contributed by atoms with Gasteiger partial charge in [0.05, 0.1) is 17.2 Å². The van der Waals surface area contributed by atoms with E-state index in [1.165, 1.54) is 0 Å². The molecule has 5 heteroatoms. The summed E-state index contributed by atoms with van der Waals surface area (Å²) in [7, 11) is 0. The SMILES string of the molecule is O=C(NC1CCCCCC1O)c1ccc(Br)c(Cl)c1. The summed E-state index contributed by atoms with van der Waals surface area (Å²) >= 11 is 9.27. The van der Waals surface area contributed by atoms with Crippen LogP contribution in [-0.2, 0) is 0 Å². The number of amides is 1. The Morgan fingerprint density at radius 1 is 1.32 bits per heavy atom. The molecule has 0 spiro atoms. The van der Waals surface area contributed by atoms with Gasteiger partial charge in [0.25, 0.3) is 5.91 Å². The maximum Gasteiger partial charge on any atom is 0.251 e. The number of carbonyl (C=O) groups excluding carboxylic acids is 1. The number of nitrogens with one attached hydrogen (secondary N) is 1. The van der Waals surface area contributed by atoms with Gasteiger partial charge in [-0.05, 0) is 47.0 Å². The van der Waals surface area contributed by atoms with Gasteiger partial charge in [0.1, 0.15) is 0 Å². The molecule has 1 aromatic carbocycles. The predicted octanol–water partition coefficient (Wildman–Crippen LogP) is 3.53.